The maximum Gasteiger partial charge on any atom is 0.124 e. The molecule has 0 fully saturated rings. The van der Waals surface area contributed by atoms with Crippen LogP contribution in [0.5, 0.6) is 5.75 Å². The summed E-state index contributed by atoms with van der Waals surface area (Å²) in [5.41, 5.74) is 0.467. The number of nitrogens with one attached hydrogen (secondary N) is 1. The van der Waals surface area contributed by atoms with Gasteiger partial charge in [0.05, 0.1) is 19.8 Å². The molecule has 18 heavy (non-hydrogen) atoms. The van der Waals surface area contributed by atoms with E-state index in [4.69, 9.17) is 4.74 Å². The maximum absolute atomic E-state index is 9.36. The second kappa shape index (κ2) is 7.36. The van der Waals surface area contributed by atoms with E-state index in [1.54, 1.807) is 0 Å². The van der Waals surface area contributed by atoms with E-state index in [-0.39, 0.29) is 18.8 Å². The van der Waals surface area contributed by atoms with E-state index in [0.717, 1.165) is 12.1 Å². The van der Waals surface area contributed by atoms with Crippen LogP contribution in [0.2, 0.25) is 0 Å². The lowest BCUT2D eigenvalue weighted by molar-refractivity contribution is 0.145. The van der Waals surface area contributed by atoms with Gasteiger partial charge in [-0.1, -0.05) is 25.1 Å². The Morgan fingerprint density at radius 3 is 2.61 bits per heavy atom. The zero-order valence-electron chi connectivity index (χ0n) is 11.1. The van der Waals surface area contributed by atoms with Gasteiger partial charge in [-0.25, -0.2) is 0 Å². The largest absolute Gasteiger partial charge is 0.493 e. The standard InChI is InChI=1S/C14H23NO3/c1-3-15-14(2,11-17)8-9-18-13-7-5-4-6-12(13)10-16/h4-7,15-17H,3,8-11H2,1-2H3. The van der Waals surface area contributed by atoms with E-state index >= 15 is 0 Å². The van der Waals surface area contributed by atoms with Crippen LogP contribution in [0.3, 0.4) is 0 Å². The molecule has 0 radical (unpaired) electrons. The van der Waals surface area contributed by atoms with E-state index in [0.29, 0.717) is 18.8 Å². The summed E-state index contributed by atoms with van der Waals surface area (Å²) in [5, 5.41) is 21.8. The van der Waals surface area contributed by atoms with Gasteiger partial charge in [-0.2, -0.15) is 0 Å². The van der Waals surface area contributed by atoms with Crippen molar-refractivity contribution < 1.29 is 14.9 Å². The fourth-order valence-electron chi connectivity index (χ4n) is 1.81. The molecule has 0 saturated carbocycles. The van der Waals surface area contributed by atoms with Gasteiger partial charge in [0.25, 0.3) is 0 Å². The van der Waals surface area contributed by atoms with Crippen LogP contribution in [0, 0.1) is 0 Å². The number of hydrogen-bond acceptors (Lipinski definition) is 4. The first-order valence-corrected chi connectivity index (χ1v) is 6.32. The Balaban J connectivity index is 2.50. The van der Waals surface area contributed by atoms with Gasteiger partial charge in [-0.15, -0.1) is 0 Å². The number of benzene rings is 1. The molecule has 0 heterocycles. The predicted molar refractivity (Wildman–Crippen MR) is 71.6 cm³/mol. The first-order valence-electron chi connectivity index (χ1n) is 6.32. The Bertz CT molecular complexity index is 357. The summed E-state index contributed by atoms with van der Waals surface area (Å²) in [7, 11) is 0. The van der Waals surface area contributed by atoms with E-state index in [1.807, 2.05) is 38.1 Å². The smallest absolute Gasteiger partial charge is 0.124 e. The third-order valence-electron chi connectivity index (χ3n) is 3.01. The van der Waals surface area contributed by atoms with Crippen molar-refractivity contribution in [3.63, 3.8) is 0 Å². The Kier molecular flexibility index (Phi) is 6.12. The van der Waals surface area contributed by atoms with Crippen LogP contribution in [-0.4, -0.2) is 35.5 Å². The molecule has 4 nitrogen and oxygen atoms in total. The molecule has 0 aromatic heterocycles. The average molecular weight is 253 g/mol. The molecule has 1 rings (SSSR count). The minimum Gasteiger partial charge on any atom is -0.493 e. The molecule has 102 valence electrons. The van der Waals surface area contributed by atoms with E-state index < -0.39 is 0 Å². The molecule has 4 heteroatoms. The van der Waals surface area contributed by atoms with Crippen LogP contribution in [0.25, 0.3) is 0 Å². The second-order valence-electron chi connectivity index (χ2n) is 4.61. The lowest BCUT2D eigenvalue weighted by Gasteiger charge is -2.28. The minimum atomic E-state index is -0.317. The topological polar surface area (TPSA) is 61.7 Å². The molecule has 0 aliphatic heterocycles. The fraction of sp³-hybridized carbons (Fsp3) is 0.571. The van der Waals surface area contributed by atoms with Crippen molar-refractivity contribution in [1.82, 2.24) is 5.32 Å². The average Bonchev–Trinajstić information content (AvgIpc) is 2.39. The van der Waals surface area contributed by atoms with Crippen LogP contribution in [0.15, 0.2) is 24.3 Å². The Labute approximate surface area is 109 Å². The Morgan fingerprint density at radius 2 is 2.00 bits per heavy atom. The first-order chi connectivity index (χ1) is 8.65. The maximum atomic E-state index is 9.36. The second-order valence-corrected chi connectivity index (χ2v) is 4.61. The van der Waals surface area contributed by atoms with E-state index in [2.05, 4.69) is 5.32 Å². The highest BCUT2D eigenvalue weighted by molar-refractivity contribution is 5.32. The number of rotatable bonds is 8. The molecule has 1 aromatic rings. The van der Waals surface area contributed by atoms with Crippen LogP contribution in [0.4, 0.5) is 0 Å². The molecular weight excluding hydrogens is 230 g/mol. The van der Waals surface area contributed by atoms with Gasteiger partial charge >= 0.3 is 0 Å². The number of aliphatic hydroxyl groups is 2. The molecule has 1 atom stereocenters. The van der Waals surface area contributed by atoms with Crippen molar-refractivity contribution in [3.05, 3.63) is 29.8 Å². The van der Waals surface area contributed by atoms with Gasteiger partial charge in [0.2, 0.25) is 0 Å². The third-order valence-corrected chi connectivity index (χ3v) is 3.01. The highest BCUT2D eigenvalue weighted by atomic mass is 16.5. The van der Waals surface area contributed by atoms with Crippen molar-refractivity contribution in [1.29, 1.82) is 0 Å². The molecule has 3 N–H and O–H groups in total. The summed E-state index contributed by atoms with van der Waals surface area (Å²) in [6.07, 6.45) is 0.705. The molecule has 0 aliphatic carbocycles. The van der Waals surface area contributed by atoms with Crippen molar-refractivity contribution in [2.75, 3.05) is 19.8 Å². The minimum absolute atomic E-state index is 0.0271. The van der Waals surface area contributed by atoms with E-state index in [1.165, 1.54) is 0 Å². The highest BCUT2D eigenvalue weighted by Gasteiger charge is 2.21. The number of likely N-dealkylation sites (N-methyl/N-ethyl adjacent to an activating group) is 1. The fourth-order valence-corrected chi connectivity index (χ4v) is 1.81. The van der Waals surface area contributed by atoms with Crippen molar-refractivity contribution in [3.8, 4) is 5.75 Å². The van der Waals surface area contributed by atoms with Crippen LogP contribution >= 0.6 is 0 Å². The molecule has 0 spiro atoms. The van der Waals surface area contributed by atoms with Gasteiger partial charge in [-0.3, -0.25) is 0 Å². The summed E-state index contributed by atoms with van der Waals surface area (Å²) in [4.78, 5) is 0. The van der Waals surface area contributed by atoms with Crippen molar-refractivity contribution in [2.45, 2.75) is 32.4 Å². The third kappa shape index (κ3) is 4.29. The first kappa shape index (κ1) is 15.0. The SMILES string of the molecule is CCNC(C)(CO)CCOc1ccccc1CO. The summed E-state index contributed by atoms with van der Waals surface area (Å²) in [6, 6.07) is 7.43. The molecule has 0 bridgehead atoms. The monoisotopic (exact) mass is 253 g/mol. The van der Waals surface area contributed by atoms with Crippen molar-refractivity contribution in [2.24, 2.45) is 0 Å². The van der Waals surface area contributed by atoms with E-state index in [9.17, 15) is 10.2 Å². The molecule has 1 unspecified atom stereocenters. The van der Waals surface area contributed by atoms with Gasteiger partial charge < -0.3 is 20.3 Å². The number of para-hydroxylation sites is 1. The normalized spacial score (nSPS) is 14.2. The molecular formula is C14H23NO3. The Hall–Kier alpha value is -1.10. The molecule has 1 aromatic carbocycles. The summed E-state index contributed by atoms with van der Waals surface area (Å²) in [5.74, 6) is 0.705. The lowest BCUT2D eigenvalue weighted by Crippen LogP contribution is -2.46. The number of hydrogen-bond donors (Lipinski definition) is 3. The van der Waals surface area contributed by atoms with Crippen molar-refractivity contribution >= 4 is 0 Å². The number of aliphatic hydroxyl groups excluding tert-OH is 2. The van der Waals surface area contributed by atoms with Crippen LogP contribution in [0.1, 0.15) is 25.8 Å². The molecule has 0 aliphatic rings. The van der Waals surface area contributed by atoms with Gasteiger partial charge in [0.15, 0.2) is 0 Å². The highest BCUT2D eigenvalue weighted by Crippen LogP contribution is 2.19. The van der Waals surface area contributed by atoms with Gasteiger partial charge in [0, 0.05) is 17.5 Å². The summed E-state index contributed by atoms with van der Waals surface area (Å²) < 4.78 is 5.66. The molecule has 0 amide bonds. The zero-order valence-corrected chi connectivity index (χ0v) is 11.1. The summed E-state index contributed by atoms with van der Waals surface area (Å²) >= 11 is 0. The van der Waals surface area contributed by atoms with Crippen LogP contribution < -0.4 is 10.1 Å². The number of ether oxygens (including phenoxy) is 1. The quantitative estimate of drug-likeness (QED) is 0.653. The molecule has 0 saturated heterocycles. The van der Waals surface area contributed by atoms with Crippen LogP contribution in [-0.2, 0) is 6.61 Å². The Morgan fingerprint density at radius 1 is 1.28 bits per heavy atom. The zero-order chi connectivity index (χ0) is 13.4. The predicted octanol–water partition coefficient (Wildman–Crippen LogP) is 1.31. The summed E-state index contributed by atoms with van der Waals surface area (Å²) in [6.45, 7) is 5.34. The lowest BCUT2D eigenvalue weighted by atomic mass is 10.00. The van der Waals surface area contributed by atoms with Gasteiger partial charge in [0.1, 0.15) is 5.75 Å². The van der Waals surface area contributed by atoms with Gasteiger partial charge in [-0.05, 0) is 19.5 Å².